The minimum absolute atomic E-state index is 0.106. The molecule has 1 N–H and O–H groups in total. The van der Waals surface area contributed by atoms with Crippen molar-refractivity contribution in [1.29, 1.82) is 0 Å². The average molecular weight is 320 g/mol. The van der Waals surface area contributed by atoms with Crippen molar-refractivity contribution in [3.8, 4) is 28.1 Å². The van der Waals surface area contributed by atoms with Crippen LogP contribution in [0.2, 0.25) is 0 Å². The Labute approximate surface area is 139 Å². The van der Waals surface area contributed by atoms with Crippen LogP contribution in [-0.2, 0) is 13.5 Å². The van der Waals surface area contributed by atoms with Crippen LogP contribution in [-0.4, -0.2) is 27.5 Å². The van der Waals surface area contributed by atoms with Crippen LogP contribution in [0, 0.1) is 0 Å². The van der Waals surface area contributed by atoms with Gasteiger partial charge in [0, 0.05) is 24.6 Å². The maximum Gasteiger partial charge on any atom is 0.356 e. The van der Waals surface area contributed by atoms with Crippen molar-refractivity contribution in [2.45, 2.75) is 6.42 Å². The maximum absolute atomic E-state index is 11.5. The fourth-order valence-corrected chi connectivity index (χ4v) is 3.23. The van der Waals surface area contributed by atoms with Gasteiger partial charge in [0.1, 0.15) is 5.75 Å². The Morgan fingerprint density at radius 2 is 1.96 bits per heavy atom. The first-order valence-electron chi connectivity index (χ1n) is 7.77. The average Bonchev–Trinajstić information content (AvgIpc) is 2.81. The molecule has 0 radical (unpaired) electrons. The van der Waals surface area contributed by atoms with E-state index in [2.05, 4.69) is 5.10 Å². The highest BCUT2D eigenvalue weighted by Crippen LogP contribution is 2.39. The number of hydrogen-bond acceptors (Lipinski definition) is 3. The summed E-state index contributed by atoms with van der Waals surface area (Å²) >= 11 is 0. The van der Waals surface area contributed by atoms with E-state index in [1.165, 1.54) is 0 Å². The van der Waals surface area contributed by atoms with Crippen molar-refractivity contribution in [1.82, 2.24) is 9.78 Å². The number of ether oxygens (including phenoxy) is 1. The molecule has 0 amide bonds. The minimum Gasteiger partial charge on any atom is -0.493 e. The van der Waals surface area contributed by atoms with E-state index in [0.717, 1.165) is 33.7 Å². The number of carboxylic acid groups (broad SMARTS) is 1. The SMILES string of the molecule is Cn1nc(C(=O)O)c2c1-c1cc(-c3ccccc3)ccc1OCC2. The molecule has 4 rings (SSSR count). The topological polar surface area (TPSA) is 64.4 Å². The number of carbonyl (C=O) groups is 1. The molecule has 5 heteroatoms. The van der Waals surface area contributed by atoms with Crippen LogP contribution < -0.4 is 4.74 Å². The van der Waals surface area contributed by atoms with Gasteiger partial charge in [-0.05, 0) is 23.3 Å². The van der Waals surface area contributed by atoms with Gasteiger partial charge in [-0.25, -0.2) is 4.79 Å². The number of aryl methyl sites for hydroxylation is 1. The number of benzene rings is 2. The van der Waals surface area contributed by atoms with Crippen LogP contribution in [0.25, 0.3) is 22.4 Å². The van der Waals surface area contributed by atoms with Crippen molar-refractivity contribution in [2.24, 2.45) is 7.05 Å². The predicted octanol–water partition coefficient (Wildman–Crippen LogP) is 3.39. The Morgan fingerprint density at radius 3 is 2.71 bits per heavy atom. The fraction of sp³-hybridized carbons (Fsp3) is 0.158. The fourth-order valence-electron chi connectivity index (χ4n) is 3.23. The van der Waals surface area contributed by atoms with Crippen LogP contribution in [0.5, 0.6) is 5.75 Å². The zero-order valence-corrected chi connectivity index (χ0v) is 13.2. The second kappa shape index (κ2) is 5.53. The monoisotopic (exact) mass is 320 g/mol. The number of hydrogen-bond donors (Lipinski definition) is 1. The number of fused-ring (bicyclic) bond motifs is 3. The molecule has 1 aliphatic heterocycles. The van der Waals surface area contributed by atoms with E-state index in [1.54, 1.807) is 11.7 Å². The first-order chi connectivity index (χ1) is 11.6. The summed E-state index contributed by atoms with van der Waals surface area (Å²) < 4.78 is 7.48. The molecule has 3 aromatic rings. The first-order valence-corrected chi connectivity index (χ1v) is 7.77. The second-order valence-electron chi connectivity index (χ2n) is 5.78. The quantitative estimate of drug-likeness (QED) is 0.786. The van der Waals surface area contributed by atoms with Gasteiger partial charge in [-0.1, -0.05) is 36.4 Å². The summed E-state index contributed by atoms with van der Waals surface area (Å²) in [6, 6.07) is 16.1. The molecule has 0 spiro atoms. The highest BCUT2D eigenvalue weighted by atomic mass is 16.5. The normalized spacial score (nSPS) is 12.7. The van der Waals surface area contributed by atoms with Crippen molar-refractivity contribution in [3.63, 3.8) is 0 Å². The number of aromatic nitrogens is 2. The lowest BCUT2D eigenvalue weighted by Crippen LogP contribution is -2.05. The zero-order chi connectivity index (χ0) is 16.7. The molecule has 0 unspecified atom stereocenters. The van der Waals surface area contributed by atoms with Gasteiger partial charge in [0.15, 0.2) is 5.69 Å². The van der Waals surface area contributed by atoms with Gasteiger partial charge in [0.25, 0.3) is 0 Å². The summed E-state index contributed by atoms with van der Waals surface area (Å²) in [5.41, 5.74) is 4.70. The van der Waals surface area contributed by atoms with E-state index in [9.17, 15) is 9.90 Å². The van der Waals surface area contributed by atoms with E-state index in [-0.39, 0.29) is 5.69 Å². The van der Waals surface area contributed by atoms with Gasteiger partial charge >= 0.3 is 5.97 Å². The van der Waals surface area contributed by atoms with Crippen molar-refractivity contribution in [3.05, 3.63) is 59.8 Å². The Bertz CT molecular complexity index is 929. The van der Waals surface area contributed by atoms with Gasteiger partial charge in [0.05, 0.1) is 12.3 Å². The molecule has 2 heterocycles. The van der Waals surface area contributed by atoms with Crippen molar-refractivity contribution < 1.29 is 14.6 Å². The molecular weight excluding hydrogens is 304 g/mol. The standard InChI is InChI=1S/C19H16N2O3/c1-21-18-14(17(20-21)19(22)23)9-10-24-16-8-7-13(11-15(16)18)12-5-3-2-4-6-12/h2-8,11H,9-10H2,1H3,(H,22,23). The van der Waals surface area contributed by atoms with Crippen LogP contribution in [0.3, 0.4) is 0 Å². The van der Waals surface area contributed by atoms with Crippen LogP contribution in [0.15, 0.2) is 48.5 Å². The molecule has 120 valence electrons. The molecule has 1 aromatic heterocycles. The lowest BCUT2D eigenvalue weighted by molar-refractivity contribution is 0.0688. The molecule has 0 fully saturated rings. The van der Waals surface area contributed by atoms with E-state index in [0.29, 0.717) is 13.0 Å². The van der Waals surface area contributed by atoms with Gasteiger partial charge in [0.2, 0.25) is 0 Å². The van der Waals surface area contributed by atoms with Crippen molar-refractivity contribution >= 4 is 5.97 Å². The maximum atomic E-state index is 11.5. The molecule has 1 aliphatic rings. The number of rotatable bonds is 2. The molecule has 5 nitrogen and oxygen atoms in total. The summed E-state index contributed by atoms with van der Waals surface area (Å²) in [7, 11) is 1.77. The Hall–Kier alpha value is -3.08. The molecule has 0 saturated heterocycles. The lowest BCUT2D eigenvalue weighted by Gasteiger charge is -2.11. The molecule has 0 bridgehead atoms. The van der Waals surface area contributed by atoms with Crippen LogP contribution in [0.1, 0.15) is 16.1 Å². The highest BCUT2D eigenvalue weighted by Gasteiger charge is 2.26. The van der Waals surface area contributed by atoms with E-state index in [4.69, 9.17) is 4.74 Å². The molecule has 0 aliphatic carbocycles. The third-order valence-corrected chi connectivity index (χ3v) is 4.30. The van der Waals surface area contributed by atoms with Gasteiger partial charge in [-0.3, -0.25) is 4.68 Å². The largest absolute Gasteiger partial charge is 0.493 e. The molecule has 2 aromatic carbocycles. The third kappa shape index (κ3) is 2.25. The van der Waals surface area contributed by atoms with Crippen LogP contribution >= 0.6 is 0 Å². The predicted molar refractivity (Wildman–Crippen MR) is 90.2 cm³/mol. The molecular formula is C19H16N2O3. The van der Waals surface area contributed by atoms with E-state index in [1.807, 2.05) is 48.5 Å². The van der Waals surface area contributed by atoms with Gasteiger partial charge in [-0.15, -0.1) is 0 Å². The molecule has 0 atom stereocenters. The van der Waals surface area contributed by atoms with Gasteiger partial charge in [-0.2, -0.15) is 5.10 Å². The summed E-state index contributed by atoms with van der Waals surface area (Å²) in [4.78, 5) is 11.5. The van der Waals surface area contributed by atoms with Crippen molar-refractivity contribution in [2.75, 3.05) is 6.61 Å². The van der Waals surface area contributed by atoms with Gasteiger partial charge < -0.3 is 9.84 Å². The number of nitrogens with zero attached hydrogens (tertiary/aromatic N) is 2. The zero-order valence-electron chi connectivity index (χ0n) is 13.2. The second-order valence-corrected chi connectivity index (χ2v) is 5.78. The smallest absolute Gasteiger partial charge is 0.356 e. The lowest BCUT2D eigenvalue weighted by atomic mass is 9.98. The number of carboxylic acids is 1. The summed E-state index contributed by atoms with van der Waals surface area (Å²) in [6.45, 7) is 0.441. The highest BCUT2D eigenvalue weighted by molar-refractivity contribution is 5.91. The minimum atomic E-state index is -1.01. The molecule has 24 heavy (non-hydrogen) atoms. The van der Waals surface area contributed by atoms with E-state index < -0.39 is 5.97 Å². The third-order valence-electron chi connectivity index (χ3n) is 4.30. The first kappa shape index (κ1) is 14.5. The summed E-state index contributed by atoms with van der Waals surface area (Å²) in [5.74, 6) is -0.247. The summed E-state index contributed by atoms with van der Waals surface area (Å²) in [6.07, 6.45) is 0.528. The van der Waals surface area contributed by atoms with E-state index >= 15 is 0 Å². The Morgan fingerprint density at radius 1 is 1.17 bits per heavy atom. The van der Waals surface area contributed by atoms with Crippen LogP contribution in [0.4, 0.5) is 0 Å². The summed E-state index contributed by atoms with van der Waals surface area (Å²) in [5, 5.41) is 13.6. The Balaban J connectivity index is 1.94. The number of aromatic carboxylic acids is 1. The Kier molecular flexibility index (Phi) is 3.34. The molecule has 0 saturated carbocycles.